The van der Waals surface area contributed by atoms with Gasteiger partial charge in [-0.1, -0.05) is 41.6 Å². The first-order chi connectivity index (χ1) is 14.9. The lowest BCUT2D eigenvalue weighted by atomic mass is 10.1. The predicted molar refractivity (Wildman–Crippen MR) is 121 cm³/mol. The monoisotopic (exact) mass is 436 g/mol. The van der Waals surface area contributed by atoms with Crippen LogP contribution in [0.15, 0.2) is 63.1 Å². The molecule has 1 aromatic carbocycles. The average molecular weight is 437 g/mol. The summed E-state index contributed by atoms with van der Waals surface area (Å²) in [5.41, 5.74) is 3.93. The molecule has 3 aromatic heterocycles. The average Bonchev–Trinajstić information content (AvgIpc) is 3.38. The molecule has 2 N–H and O–H groups in total. The van der Waals surface area contributed by atoms with E-state index in [4.69, 9.17) is 4.42 Å². The Bertz CT molecular complexity index is 1260. The van der Waals surface area contributed by atoms with Crippen LogP contribution in [0.3, 0.4) is 0 Å². The van der Waals surface area contributed by atoms with E-state index in [9.17, 15) is 9.59 Å². The number of furan rings is 1. The van der Waals surface area contributed by atoms with E-state index in [-0.39, 0.29) is 29.8 Å². The summed E-state index contributed by atoms with van der Waals surface area (Å²) in [7, 11) is 0. The molecule has 4 aromatic rings. The Morgan fingerprint density at radius 1 is 1.26 bits per heavy atom. The second kappa shape index (κ2) is 8.85. The van der Waals surface area contributed by atoms with Crippen LogP contribution < -0.4 is 10.9 Å². The third-order valence-corrected chi connectivity index (χ3v) is 6.00. The fourth-order valence-corrected chi connectivity index (χ4v) is 4.18. The maximum absolute atomic E-state index is 13.1. The van der Waals surface area contributed by atoms with E-state index in [0.717, 1.165) is 11.3 Å². The van der Waals surface area contributed by atoms with Crippen LogP contribution in [-0.4, -0.2) is 26.2 Å². The van der Waals surface area contributed by atoms with Gasteiger partial charge in [-0.15, -0.1) is 0 Å². The first-order valence-corrected chi connectivity index (χ1v) is 11.0. The van der Waals surface area contributed by atoms with Gasteiger partial charge in [0, 0.05) is 5.69 Å². The number of benzene rings is 1. The van der Waals surface area contributed by atoms with Crippen molar-refractivity contribution in [2.45, 2.75) is 38.5 Å². The molecule has 0 bridgehead atoms. The molecule has 0 aliphatic carbocycles. The van der Waals surface area contributed by atoms with Gasteiger partial charge in [0.05, 0.1) is 30.1 Å². The van der Waals surface area contributed by atoms with Gasteiger partial charge < -0.3 is 14.7 Å². The van der Waals surface area contributed by atoms with Crippen molar-refractivity contribution < 1.29 is 9.21 Å². The Hall–Kier alpha value is -3.26. The highest BCUT2D eigenvalue weighted by atomic mass is 32.2. The fourth-order valence-electron chi connectivity index (χ4n) is 3.37. The summed E-state index contributed by atoms with van der Waals surface area (Å²) in [6.07, 6.45) is 1.57. The number of aryl methyl sites for hydroxylation is 2. The molecule has 0 saturated carbocycles. The van der Waals surface area contributed by atoms with Crippen molar-refractivity contribution in [3.05, 3.63) is 81.7 Å². The minimum absolute atomic E-state index is 0.109. The maximum atomic E-state index is 13.1. The maximum Gasteiger partial charge on any atom is 0.278 e. The lowest BCUT2D eigenvalue weighted by Crippen LogP contribution is -2.29. The molecule has 0 fully saturated rings. The number of H-pyrrole nitrogens is 1. The zero-order valence-electron chi connectivity index (χ0n) is 17.6. The molecule has 1 atom stereocenters. The van der Waals surface area contributed by atoms with Gasteiger partial charge in [-0.3, -0.25) is 14.2 Å². The lowest BCUT2D eigenvalue weighted by Gasteiger charge is -2.15. The Kier molecular flexibility index (Phi) is 5.99. The van der Waals surface area contributed by atoms with E-state index in [1.807, 2.05) is 51.1 Å². The molecular weight excluding hydrogens is 412 g/mol. The van der Waals surface area contributed by atoms with Gasteiger partial charge in [-0.05, 0) is 44.5 Å². The van der Waals surface area contributed by atoms with E-state index in [1.165, 1.54) is 17.3 Å². The molecule has 0 aliphatic rings. The molecule has 0 aliphatic heterocycles. The molecule has 4 rings (SSSR count). The smallest absolute Gasteiger partial charge is 0.278 e. The highest BCUT2D eigenvalue weighted by Gasteiger charge is 2.17. The quantitative estimate of drug-likeness (QED) is 0.338. The number of hydrogen-bond acceptors (Lipinski definition) is 5. The Labute approximate surface area is 183 Å². The Morgan fingerprint density at radius 2 is 2.03 bits per heavy atom. The Morgan fingerprint density at radius 3 is 2.74 bits per heavy atom. The highest BCUT2D eigenvalue weighted by Crippen LogP contribution is 2.20. The van der Waals surface area contributed by atoms with E-state index >= 15 is 0 Å². The summed E-state index contributed by atoms with van der Waals surface area (Å²) in [4.78, 5) is 33.3. The van der Waals surface area contributed by atoms with Crippen LogP contribution in [0, 0.1) is 13.8 Å². The van der Waals surface area contributed by atoms with E-state index in [0.29, 0.717) is 22.0 Å². The van der Waals surface area contributed by atoms with Crippen LogP contribution in [0.25, 0.3) is 11.0 Å². The molecule has 1 unspecified atom stereocenters. The summed E-state index contributed by atoms with van der Waals surface area (Å²) in [5, 5.41) is 3.49. The predicted octanol–water partition coefficient (Wildman–Crippen LogP) is 3.95. The number of nitrogens with one attached hydrogen (secondary N) is 2. The second-order valence-electron chi connectivity index (χ2n) is 7.57. The molecule has 160 valence electrons. The van der Waals surface area contributed by atoms with Crippen molar-refractivity contribution in [2.24, 2.45) is 0 Å². The van der Waals surface area contributed by atoms with E-state index in [2.05, 4.69) is 15.3 Å². The summed E-state index contributed by atoms with van der Waals surface area (Å²) < 4.78 is 6.95. The van der Waals surface area contributed by atoms with Crippen molar-refractivity contribution in [3.63, 3.8) is 0 Å². The van der Waals surface area contributed by atoms with Crippen LogP contribution in [0.1, 0.15) is 35.5 Å². The van der Waals surface area contributed by atoms with Gasteiger partial charge in [0.15, 0.2) is 5.16 Å². The molecule has 7 nitrogen and oxygen atoms in total. The number of rotatable bonds is 7. The van der Waals surface area contributed by atoms with Gasteiger partial charge in [0.1, 0.15) is 11.3 Å². The molecule has 31 heavy (non-hydrogen) atoms. The van der Waals surface area contributed by atoms with Crippen molar-refractivity contribution in [2.75, 3.05) is 5.75 Å². The zero-order valence-corrected chi connectivity index (χ0v) is 18.5. The van der Waals surface area contributed by atoms with Crippen LogP contribution in [0.2, 0.25) is 0 Å². The zero-order chi connectivity index (χ0) is 22.0. The van der Waals surface area contributed by atoms with Crippen LogP contribution in [0.4, 0.5) is 0 Å². The van der Waals surface area contributed by atoms with Crippen molar-refractivity contribution in [3.8, 4) is 0 Å². The molecule has 1 amide bonds. The molecule has 8 heteroatoms. The summed E-state index contributed by atoms with van der Waals surface area (Å²) in [6, 6.07) is 13.4. The van der Waals surface area contributed by atoms with Crippen molar-refractivity contribution in [1.82, 2.24) is 19.9 Å². The number of carbonyl (C=O) groups excluding carboxylic acids is 1. The van der Waals surface area contributed by atoms with Gasteiger partial charge in [0.2, 0.25) is 5.91 Å². The first kappa shape index (κ1) is 21.0. The summed E-state index contributed by atoms with van der Waals surface area (Å²) in [5.74, 6) is 0.670. The largest absolute Gasteiger partial charge is 0.467 e. The van der Waals surface area contributed by atoms with Gasteiger partial charge >= 0.3 is 0 Å². The number of nitrogens with zero attached hydrogens (tertiary/aromatic N) is 2. The van der Waals surface area contributed by atoms with Crippen molar-refractivity contribution in [1.29, 1.82) is 0 Å². The van der Waals surface area contributed by atoms with Gasteiger partial charge in [-0.2, -0.15) is 0 Å². The second-order valence-corrected chi connectivity index (χ2v) is 8.51. The molecular formula is C23H24N4O3S. The summed E-state index contributed by atoms with van der Waals surface area (Å²) in [6.45, 7) is 6.11. The molecule has 3 heterocycles. The number of aromatic amines is 1. The number of aromatic nitrogens is 3. The number of amides is 1. The topological polar surface area (TPSA) is 92.9 Å². The first-order valence-electron chi connectivity index (χ1n) is 10.0. The number of hydrogen-bond donors (Lipinski definition) is 2. The Balaban J connectivity index is 1.53. The third kappa shape index (κ3) is 4.74. The van der Waals surface area contributed by atoms with Crippen LogP contribution in [-0.2, 0) is 11.3 Å². The van der Waals surface area contributed by atoms with Crippen LogP contribution >= 0.6 is 11.8 Å². The van der Waals surface area contributed by atoms with Crippen LogP contribution in [0.5, 0.6) is 0 Å². The minimum atomic E-state index is -0.189. The van der Waals surface area contributed by atoms with Gasteiger partial charge in [0.25, 0.3) is 5.56 Å². The number of fused-ring (bicyclic) bond motifs is 1. The summed E-state index contributed by atoms with van der Waals surface area (Å²) >= 11 is 1.24. The normalized spacial score (nSPS) is 12.2. The highest BCUT2D eigenvalue weighted by molar-refractivity contribution is 7.99. The van der Waals surface area contributed by atoms with Gasteiger partial charge in [-0.25, -0.2) is 4.98 Å². The SMILES string of the molecule is Cc1ccc(C(C)NC(=O)CSc2nc3cc(C)[nH]c3c(=O)n2Cc2ccco2)cc1. The van der Waals surface area contributed by atoms with E-state index < -0.39 is 0 Å². The standard InChI is InChI=1S/C23H24N4O3S/c1-14-6-8-17(9-7-14)16(3)25-20(28)13-31-23-26-19-11-15(2)24-21(19)22(29)27(23)12-18-5-4-10-30-18/h4-11,16,24H,12-13H2,1-3H3,(H,25,28). The molecule has 0 spiro atoms. The third-order valence-electron chi connectivity index (χ3n) is 5.02. The lowest BCUT2D eigenvalue weighted by molar-refractivity contribution is -0.119. The number of thioether (sulfide) groups is 1. The fraction of sp³-hybridized carbons (Fsp3) is 0.261. The number of carbonyl (C=O) groups is 1. The molecule has 0 radical (unpaired) electrons. The van der Waals surface area contributed by atoms with Crippen molar-refractivity contribution >= 4 is 28.7 Å². The molecule has 0 saturated heterocycles. The van der Waals surface area contributed by atoms with E-state index in [1.54, 1.807) is 23.0 Å². The minimum Gasteiger partial charge on any atom is -0.467 e.